The Bertz CT molecular complexity index is 828. The van der Waals surface area contributed by atoms with E-state index in [0.717, 1.165) is 34.9 Å². The van der Waals surface area contributed by atoms with Crippen LogP contribution in [0, 0.1) is 25.2 Å². The number of thioether (sulfide) groups is 1. The van der Waals surface area contributed by atoms with E-state index in [4.69, 9.17) is 0 Å². The average Bonchev–Trinajstić information content (AvgIpc) is 2.88. The third-order valence-corrected chi connectivity index (χ3v) is 4.59. The quantitative estimate of drug-likeness (QED) is 0.480. The van der Waals surface area contributed by atoms with Gasteiger partial charge in [0, 0.05) is 17.9 Å². The number of aryl methyl sites for hydroxylation is 1. The topological polar surface area (TPSA) is 70.7 Å². The maximum atomic E-state index is 12.4. The lowest BCUT2D eigenvalue weighted by atomic mass is 10.1. The van der Waals surface area contributed by atoms with Gasteiger partial charge in [-0.3, -0.25) is 4.79 Å². The number of hydrogen-bond acceptors (Lipinski definition) is 4. The van der Waals surface area contributed by atoms with Crippen LogP contribution in [0.2, 0.25) is 0 Å². The summed E-state index contributed by atoms with van der Waals surface area (Å²) in [6.07, 6.45) is 6.20. The van der Waals surface area contributed by atoms with Crippen LogP contribution in [0.1, 0.15) is 30.3 Å². The minimum absolute atomic E-state index is 0.0747. The number of aromatic nitrogens is 2. The average molecular weight is 354 g/mol. The molecule has 0 aliphatic rings. The Morgan fingerprint density at radius 3 is 2.76 bits per heavy atom. The number of rotatable bonds is 6. The molecule has 1 amide bonds. The number of carbonyl (C=O) groups is 1. The Kier molecular flexibility index (Phi) is 6.43. The van der Waals surface area contributed by atoms with Crippen LogP contribution in [0.5, 0.6) is 0 Å². The van der Waals surface area contributed by atoms with E-state index in [1.165, 1.54) is 11.8 Å². The molecule has 0 saturated heterocycles. The van der Waals surface area contributed by atoms with Gasteiger partial charge in [0.2, 0.25) is 0 Å². The fourth-order valence-electron chi connectivity index (χ4n) is 2.62. The Balaban J connectivity index is 2.23. The molecule has 0 aliphatic carbocycles. The van der Waals surface area contributed by atoms with Gasteiger partial charge in [0.05, 0.1) is 16.9 Å². The van der Waals surface area contributed by atoms with Crippen LogP contribution >= 0.6 is 11.8 Å². The normalized spacial score (nSPS) is 11.2. The first-order valence-corrected chi connectivity index (χ1v) is 9.32. The smallest absolute Gasteiger partial charge is 0.266 e. The Hall–Kier alpha value is -2.52. The molecule has 130 valence electrons. The van der Waals surface area contributed by atoms with Gasteiger partial charge in [-0.25, -0.2) is 4.98 Å². The molecular weight excluding hydrogens is 332 g/mol. The van der Waals surface area contributed by atoms with E-state index >= 15 is 0 Å². The molecule has 0 unspecified atom stereocenters. The molecular formula is C19H22N4OS. The molecule has 0 atom stereocenters. The standard InChI is InChI=1S/C19H22N4OS/c1-5-8-23-13(2)9-15(14(23)3)10-16(11-20)19(24)22-17-6-7-18(25-4)21-12-17/h6-7,9-10,12H,5,8H2,1-4H3,(H,22,24)/b16-10-. The number of pyridine rings is 1. The minimum Gasteiger partial charge on any atom is -0.349 e. The summed E-state index contributed by atoms with van der Waals surface area (Å²) in [5.74, 6) is -0.429. The van der Waals surface area contributed by atoms with Crippen molar-refractivity contribution in [3.8, 4) is 6.07 Å². The first kappa shape index (κ1) is 18.8. The molecule has 5 nitrogen and oxygen atoms in total. The van der Waals surface area contributed by atoms with Crippen molar-refractivity contribution >= 4 is 29.4 Å². The van der Waals surface area contributed by atoms with Crippen LogP contribution in [-0.2, 0) is 11.3 Å². The van der Waals surface area contributed by atoms with Crippen LogP contribution < -0.4 is 5.32 Å². The van der Waals surface area contributed by atoms with Crippen molar-refractivity contribution in [3.05, 3.63) is 46.9 Å². The largest absolute Gasteiger partial charge is 0.349 e. The van der Waals surface area contributed by atoms with Gasteiger partial charge in [-0.2, -0.15) is 5.26 Å². The molecule has 0 aliphatic heterocycles. The Morgan fingerprint density at radius 2 is 2.20 bits per heavy atom. The third kappa shape index (κ3) is 4.52. The number of nitriles is 1. The lowest BCUT2D eigenvalue weighted by Crippen LogP contribution is -2.13. The van der Waals surface area contributed by atoms with Gasteiger partial charge < -0.3 is 9.88 Å². The second-order valence-corrected chi connectivity index (χ2v) is 6.52. The van der Waals surface area contributed by atoms with Gasteiger partial charge >= 0.3 is 0 Å². The monoisotopic (exact) mass is 354 g/mol. The highest BCUT2D eigenvalue weighted by molar-refractivity contribution is 7.98. The van der Waals surface area contributed by atoms with Crippen LogP contribution in [0.15, 0.2) is 35.0 Å². The first-order valence-electron chi connectivity index (χ1n) is 8.10. The molecule has 2 heterocycles. The van der Waals surface area contributed by atoms with Crippen molar-refractivity contribution in [2.45, 2.75) is 38.8 Å². The number of amides is 1. The van der Waals surface area contributed by atoms with Crippen LogP contribution in [-0.4, -0.2) is 21.7 Å². The summed E-state index contributed by atoms with van der Waals surface area (Å²) >= 11 is 1.53. The van der Waals surface area contributed by atoms with Gasteiger partial charge in [-0.05, 0) is 56.4 Å². The van der Waals surface area contributed by atoms with Gasteiger partial charge in [-0.15, -0.1) is 11.8 Å². The molecule has 0 fully saturated rings. The van der Waals surface area contributed by atoms with Crippen molar-refractivity contribution in [1.29, 1.82) is 5.26 Å². The molecule has 0 spiro atoms. The molecule has 25 heavy (non-hydrogen) atoms. The van der Waals surface area contributed by atoms with Gasteiger partial charge in [0.15, 0.2) is 0 Å². The van der Waals surface area contributed by atoms with Crippen molar-refractivity contribution in [2.24, 2.45) is 0 Å². The van der Waals surface area contributed by atoms with Gasteiger partial charge in [0.25, 0.3) is 5.91 Å². The minimum atomic E-state index is -0.429. The number of hydrogen-bond donors (Lipinski definition) is 1. The lowest BCUT2D eigenvalue weighted by Gasteiger charge is -2.07. The van der Waals surface area contributed by atoms with E-state index in [2.05, 4.69) is 21.8 Å². The second kappa shape index (κ2) is 8.54. The fraction of sp³-hybridized carbons (Fsp3) is 0.316. The van der Waals surface area contributed by atoms with Crippen LogP contribution in [0.25, 0.3) is 6.08 Å². The van der Waals surface area contributed by atoms with Crippen molar-refractivity contribution in [3.63, 3.8) is 0 Å². The number of carbonyl (C=O) groups excluding carboxylic acids is 1. The molecule has 6 heteroatoms. The molecule has 0 bridgehead atoms. The van der Waals surface area contributed by atoms with Crippen LogP contribution in [0.3, 0.4) is 0 Å². The molecule has 0 aromatic carbocycles. The highest BCUT2D eigenvalue weighted by Gasteiger charge is 2.13. The maximum Gasteiger partial charge on any atom is 0.266 e. The summed E-state index contributed by atoms with van der Waals surface area (Å²) in [4.78, 5) is 16.6. The summed E-state index contributed by atoms with van der Waals surface area (Å²) in [6.45, 7) is 7.09. The Morgan fingerprint density at radius 1 is 1.44 bits per heavy atom. The fourth-order valence-corrected chi connectivity index (χ4v) is 2.98. The highest BCUT2D eigenvalue weighted by Crippen LogP contribution is 2.20. The summed E-state index contributed by atoms with van der Waals surface area (Å²) in [5.41, 5.74) is 3.73. The van der Waals surface area contributed by atoms with Gasteiger partial charge in [0.1, 0.15) is 11.6 Å². The first-order chi connectivity index (χ1) is 12.0. The summed E-state index contributed by atoms with van der Waals surface area (Å²) in [5, 5.41) is 13.0. The zero-order valence-electron chi connectivity index (χ0n) is 15.0. The predicted octanol–water partition coefficient (Wildman–Crippen LogP) is 4.18. The van der Waals surface area contributed by atoms with E-state index < -0.39 is 5.91 Å². The lowest BCUT2D eigenvalue weighted by molar-refractivity contribution is -0.112. The third-order valence-electron chi connectivity index (χ3n) is 3.93. The molecule has 0 radical (unpaired) electrons. The Labute approximate surface area is 152 Å². The summed E-state index contributed by atoms with van der Waals surface area (Å²) in [6, 6.07) is 7.61. The van der Waals surface area contributed by atoms with Crippen molar-refractivity contribution < 1.29 is 4.79 Å². The maximum absolute atomic E-state index is 12.4. The molecule has 1 N–H and O–H groups in total. The van der Waals surface area contributed by atoms with E-state index in [9.17, 15) is 10.1 Å². The SMILES string of the molecule is CCCn1c(C)cc(/C=C(/C#N)C(=O)Nc2ccc(SC)nc2)c1C. The van der Waals surface area contributed by atoms with Crippen LogP contribution in [0.4, 0.5) is 5.69 Å². The highest BCUT2D eigenvalue weighted by atomic mass is 32.2. The number of nitrogens with one attached hydrogen (secondary N) is 1. The zero-order valence-corrected chi connectivity index (χ0v) is 15.8. The second-order valence-electron chi connectivity index (χ2n) is 5.69. The van der Waals surface area contributed by atoms with Gasteiger partial charge in [-0.1, -0.05) is 6.92 Å². The van der Waals surface area contributed by atoms with E-state index in [1.54, 1.807) is 18.3 Å². The molecule has 0 saturated carbocycles. The summed E-state index contributed by atoms with van der Waals surface area (Å²) in [7, 11) is 0. The van der Waals surface area contributed by atoms with E-state index in [-0.39, 0.29) is 5.57 Å². The van der Waals surface area contributed by atoms with E-state index in [1.807, 2.05) is 38.3 Å². The van der Waals surface area contributed by atoms with Crippen molar-refractivity contribution in [2.75, 3.05) is 11.6 Å². The van der Waals surface area contributed by atoms with E-state index in [0.29, 0.717) is 5.69 Å². The zero-order chi connectivity index (χ0) is 18.4. The molecule has 2 aromatic rings. The summed E-state index contributed by atoms with van der Waals surface area (Å²) < 4.78 is 2.20. The number of anilines is 1. The molecule has 2 rings (SSSR count). The predicted molar refractivity (Wildman–Crippen MR) is 102 cm³/mol. The van der Waals surface area contributed by atoms with Crippen molar-refractivity contribution in [1.82, 2.24) is 9.55 Å². The number of nitrogens with zero attached hydrogens (tertiary/aromatic N) is 3. The molecule has 2 aromatic heterocycles.